The highest BCUT2D eigenvalue weighted by Gasteiger charge is 2.29. The predicted octanol–water partition coefficient (Wildman–Crippen LogP) is 2.70. The lowest BCUT2D eigenvalue weighted by molar-refractivity contribution is -0.123. The van der Waals surface area contributed by atoms with E-state index in [4.69, 9.17) is 0 Å². The van der Waals surface area contributed by atoms with Gasteiger partial charge in [-0.3, -0.25) is 4.79 Å². The normalized spacial score (nSPS) is 15.0. The average molecular weight is 356 g/mol. The van der Waals surface area contributed by atoms with Crippen LogP contribution < -0.4 is 16.0 Å². The van der Waals surface area contributed by atoms with E-state index in [9.17, 15) is 9.59 Å². The zero-order valence-electron chi connectivity index (χ0n) is 15.5. The number of hydrogen-bond acceptors (Lipinski definition) is 2. The molecule has 1 aliphatic rings. The van der Waals surface area contributed by atoms with Gasteiger partial charge in [-0.05, 0) is 36.8 Å². The third-order valence-corrected chi connectivity index (χ3v) is 4.65. The standard InChI is InChI=1S/C20H28N4O2/c1-13(2)9-10-21-20(26)24-18(19(25)23-15-7-8-15)11-14-12-22-17-6-4-3-5-16(14)17/h3-6,12-13,15,18,22H,7-11H2,1-2H3,(H,23,25)(H2,21,24,26)/t18-/m0/s1. The number of urea groups is 1. The molecule has 1 aliphatic carbocycles. The molecule has 140 valence electrons. The SMILES string of the molecule is CC(C)CCNC(=O)N[C@@H](Cc1c[nH]c2ccccc12)C(=O)NC1CC1. The highest BCUT2D eigenvalue weighted by Crippen LogP contribution is 2.21. The first-order chi connectivity index (χ1) is 12.5. The second kappa shape index (κ2) is 8.25. The molecule has 4 N–H and O–H groups in total. The molecule has 0 spiro atoms. The summed E-state index contributed by atoms with van der Waals surface area (Å²) < 4.78 is 0. The van der Waals surface area contributed by atoms with Crippen molar-refractivity contribution in [1.29, 1.82) is 0 Å². The molecule has 1 saturated carbocycles. The maximum atomic E-state index is 12.6. The number of aromatic amines is 1. The third kappa shape index (κ3) is 5.00. The molecule has 1 aromatic carbocycles. The summed E-state index contributed by atoms with van der Waals surface area (Å²) >= 11 is 0. The lowest BCUT2D eigenvalue weighted by Crippen LogP contribution is -2.51. The van der Waals surface area contributed by atoms with Gasteiger partial charge in [0.05, 0.1) is 0 Å². The number of carbonyl (C=O) groups excluding carboxylic acids is 2. The van der Waals surface area contributed by atoms with Crippen LogP contribution in [0.3, 0.4) is 0 Å². The molecule has 26 heavy (non-hydrogen) atoms. The third-order valence-electron chi connectivity index (χ3n) is 4.65. The predicted molar refractivity (Wildman–Crippen MR) is 103 cm³/mol. The minimum Gasteiger partial charge on any atom is -0.361 e. The van der Waals surface area contributed by atoms with E-state index in [0.717, 1.165) is 35.7 Å². The van der Waals surface area contributed by atoms with Gasteiger partial charge in [0.25, 0.3) is 0 Å². The number of rotatable bonds is 8. The number of hydrogen-bond donors (Lipinski definition) is 4. The number of amides is 3. The van der Waals surface area contributed by atoms with Crippen molar-refractivity contribution in [3.8, 4) is 0 Å². The zero-order valence-corrected chi connectivity index (χ0v) is 15.5. The topological polar surface area (TPSA) is 86.0 Å². The molecule has 3 amide bonds. The fourth-order valence-corrected chi connectivity index (χ4v) is 2.94. The van der Waals surface area contributed by atoms with Gasteiger partial charge in [0, 0.05) is 36.1 Å². The maximum absolute atomic E-state index is 12.6. The molecule has 1 aromatic heterocycles. The number of nitrogens with one attached hydrogen (secondary N) is 4. The van der Waals surface area contributed by atoms with E-state index in [1.54, 1.807) is 0 Å². The van der Waals surface area contributed by atoms with E-state index >= 15 is 0 Å². The van der Waals surface area contributed by atoms with E-state index in [1.807, 2.05) is 30.5 Å². The van der Waals surface area contributed by atoms with E-state index in [-0.39, 0.29) is 18.0 Å². The lowest BCUT2D eigenvalue weighted by atomic mass is 10.0. The van der Waals surface area contributed by atoms with Gasteiger partial charge in [0.15, 0.2) is 0 Å². The minimum absolute atomic E-state index is 0.114. The first kappa shape index (κ1) is 18.3. The van der Waals surface area contributed by atoms with Crippen molar-refractivity contribution >= 4 is 22.8 Å². The molecular formula is C20H28N4O2. The number of para-hydroxylation sites is 1. The molecule has 2 aromatic rings. The molecule has 0 bridgehead atoms. The largest absolute Gasteiger partial charge is 0.361 e. The second-order valence-electron chi connectivity index (χ2n) is 7.48. The molecule has 1 atom stereocenters. The monoisotopic (exact) mass is 356 g/mol. The molecule has 1 heterocycles. The van der Waals surface area contributed by atoms with Crippen molar-refractivity contribution in [3.05, 3.63) is 36.0 Å². The molecule has 6 nitrogen and oxygen atoms in total. The highest BCUT2D eigenvalue weighted by molar-refractivity contribution is 5.89. The van der Waals surface area contributed by atoms with Crippen LogP contribution in [0, 0.1) is 5.92 Å². The second-order valence-corrected chi connectivity index (χ2v) is 7.48. The average Bonchev–Trinajstić information content (AvgIpc) is 3.32. The molecular weight excluding hydrogens is 328 g/mol. The van der Waals surface area contributed by atoms with Crippen molar-refractivity contribution < 1.29 is 9.59 Å². The Balaban J connectivity index is 1.66. The van der Waals surface area contributed by atoms with Gasteiger partial charge in [0.2, 0.25) is 5.91 Å². The van der Waals surface area contributed by atoms with Gasteiger partial charge in [-0.1, -0.05) is 32.0 Å². The smallest absolute Gasteiger partial charge is 0.315 e. The van der Waals surface area contributed by atoms with Crippen LogP contribution in [0.2, 0.25) is 0 Å². The molecule has 1 fully saturated rings. The summed E-state index contributed by atoms with van der Waals surface area (Å²) in [4.78, 5) is 28.1. The summed E-state index contributed by atoms with van der Waals surface area (Å²) in [6, 6.07) is 7.36. The van der Waals surface area contributed by atoms with E-state index in [0.29, 0.717) is 18.9 Å². The summed E-state index contributed by atoms with van der Waals surface area (Å²) in [7, 11) is 0. The van der Waals surface area contributed by atoms with Crippen molar-refractivity contribution in [2.24, 2.45) is 5.92 Å². The number of carbonyl (C=O) groups is 2. The van der Waals surface area contributed by atoms with Crippen LogP contribution in [0.4, 0.5) is 4.79 Å². The highest BCUT2D eigenvalue weighted by atomic mass is 16.2. The van der Waals surface area contributed by atoms with Crippen LogP contribution in [0.25, 0.3) is 10.9 Å². The van der Waals surface area contributed by atoms with Crippen LogP contribution in [-0.4, -0.2) is 35.6 Å². The maximum Gasteiger partial charge on any atom is 0.315 e. The Morgan fingerprint density at radius 2 is 2.00 bits per heavy atom. The summed E-state index contributed by atoms with van der Waals surface area (Å²) in [5.74, 6) is 0.410. The van der Waals surface area contributed by atoms with Crippen LogP contribution in [0.1, 0.15) is 38.7 Å². The minimum atomic E-state index is -0.589. The molecule has 0 saturated heterocycles. The van der Waals surface area contributed by atoms with Gasteiger partial charge < -0.3 is 20.9 Å². The number of benzene rings is 1. The summed E-state index contributed by atoms with van der Waals surface area (Å²) in [5.41, 5.74) is 2.06. The molecule has 0 aliphatic heterocycles. The fraction of sp³-hybridized carbons (Fsp3) is 0.500. The quantitative estimate of drug-likeness (QED) is 0.586. The van der Waals surface area contributed by atoms with Gasteiger partial charge >= 0.3 is 6.03 Å². The van der Waals surface area contributed by atoms with E-state index in [1.165, 1.54) is 0 Å². The van der Waals surface area contributed by atoms with Crippen LogP contribution in [0.15, 0.2) is 30.5 Å². The van der Waals surface area contributed by atoms with Crippen LogP contribution in [-0.2, 0) is 11.2 Å². The Kier molecular flexibility index (Phi) is 5.81. The Labute approximate surface area is 154 Å². The summed E-state index contributed by atoms with van der Waals surface area (Å²) in [6.07, 6.45) is 5.33. The van der Waals surface area contributed by atoms with Crippen molar-refractivity contribution in [2.75, 3.05) is 6.54 Å². The van der Waals surface area contributed by atoms with Gasteiger partial charge in [-0.25, -0.2) is 4.79 Å². The zero-order chi connectivity index (χ0) is 18.5. The van der Waals surface area contributed by atoms with E-state index in [2.05, 4.69) is 34.8 Å². The Morgan fingerprint density at radius 3 is 2.73 bits per heavy atom. The number of aromatic nitrogens is 1. The summed E-state index contributed by atoms with van der Waals surface area (Å²) in [6.45, 7) is 4.83. The number of fused-ring (bicyclic) bond motifs is 1. The van der Waals surface area contributed by atoms with Crippen LogP contribution >= 0.6 is 0 Å². The first-order valence-electron chi connectivity index (χ1n) is 9.42. The van der Waals surface area contributed by atoms with Crippen LogP contribution in [0.5, 0.6) is 0 Å². The van der Waals surface area contributed by atoms with Crippen molar-refractivity contribution in [2.45, 2.75) is 51.6 Å². The molecule has 0 unspecified atom stereocenters. The molecule has 3 rings (SSSR count). The number of H-pyrrole nitrogens is 1. The lowest BCUT2D eigenvalue weighted by Gasteiger charge is -2.19. The van der Waals surface area contributed by atoms with Gasteiger partial charge in [0.1, 0.15) is 6.04 Å². The van der Waals surface area contributed by atoms with Crippen molar-refractivity contribution in [1.82, 2.24) is 20.9 Å². The Hall–Kier alpha value is -2.50. The first-order valence-corrected chi connectivity index (χ1v) is 9.42. The molecule has 0 radical (unpaired) electrons. The summed E-state index contributed by atoms with van der Waals surface area (Å²) in [5, 5.41) is 9.78. The molecule has 6 heteroatoms. The van der Waals surface area contributed by atoms with Crippen molar-refractivity contribution in [3.63, 3.8) is 0 Å². The Bertz CT molecular complexity index is 764. The Morgan fingerprint density at radius 1 is 1.23 bits per heavy atom. The van der Waals surface area contributed by atoms with Gasteiger partial charge in [-0.15, -0.1) is 0 Å². The van der Waals surface area contributed by atoms with E-state index < -0.39 is 6.04 Å². The fourth-order valence-electron chi connectivity index (χ4n) is 2.94. The van der Waals surface area contributed by atoms with Gasteiger partial charge in [-0.2, -0.15) is 0 Å².